The second-order valence-corrected chi connectivity index (χ2v) is 5.00. The number of rotatable bonds is 6. The Morgan fingerprint density at radius 1 is 1.33 bits per heavy atom. The number of alkyl halides is 3. The van der Waals surface area contributed by atoms with E-state index in [-0.39, 0.29) is 5.75 Å². The third-order valence-electron chi connectivity index (χ3n) is 2.50. The fraction of sp³-hybridized carbons (Fsp3) is 0.500. The first-order chi connectivity index (χ1) is 9.76. The summed E-state index contributed by atoms with van der Waals surface area (Å²) in [4.78, 5) is 11.6. The van der Waals surface area contributed by atoms with Gasteiger partial charge >= 0.3 is 12.2 Å². The molecule has 0 saturated carbocycles. The minimum absolute atomic E-state index is 0.0484. The molecule has 0 saturated heterocycles. The van der Waals surface area contributed by atoms with Crippen LogP contribution in [0.25, 0.3) is 0 Å². The third-order valence-corrected chi connectivity index (χ3v) is 2.50. The van der Waals surface area contributed by atoms with Gasteiger partial charge in [-0.25, -0.2) is 4.79 Å². The fourth-order valence-electron chi connectivity index (χ4n) is 1.48. The van der Waals surface area contributed by atoms with E-state index < -0.39 is 18.8 Å². The van der Waals surface area contributed by atoms with Crippen LogP contribution in [0.4, 0.5) is 23.7 Å². The summed E-state index contributed by atoms with van der Waals surface area (Å²) in [5.41, 5.74) is 0.372. The molecule has 2 amide bonds. The van der Waals surface area contributed by atoms with E-state index in [4.69, 9.17) is 0 Å². The summed E-state index contributed by atoms with van der Waals surface area (Å²) in [6.07, 6.45) is -3.54. The molecular weight excluding hydrogens is 285 g/mol. The molecule has 0 spiro atoms. The summed E-state index contributed by atoms with van der Waals surface area (Å²) in [7, 11) is 0. The summed E-state index contributed by atoms with van der Waals surface area (Å²) < 4.78 is 40.8. The standard InChI is InChI=1S/C14H19F3N2O2/c1-10(2)6-7-18-13(20)19-11-4-3-5-12(8-11)21-9-14(15,16)17/h3-5,8,10H,6-7,9H2,1-2H3,(H2,18,19,20). The van der Waals surface area contributed by atoms with Crippen LogP contribution in [-0.4, -0.2) is 25.4 Å². The smallest absolute Gasteiger partial charge is 0.422 e. The molecule has 7 heteroatoms. The molecule has 4 nitrogen and oxygen atoms in total. The zero-order valence-electron chi connectivity index (χ0n) is 12.0. The van der Waals surface area contributed by atoms with Crippen LogP contribution in [0.15, 0.2) is 24.3 Å². The van der Waals surface area contributed by atoms with Crippen molar-refractivity contribution < 1.29 is 22.7 Å². The van der Waals surface area contributed by atoms with Crippen molar-refractivity contribution in [1.29, 1.82) is 0 Å². The van der Waals surface area contributed by atoms with Crippen LogP contribution >= 0.6 is 0 Å². The van der Waals surface area contributed by atoms with Crippen LogP contribution < -0.4 is 15.4 Å². The summed E-state index contributed by atoms with van der Waals surface area (Å²) in [6, 6.07) is 5.42. The Morgan fingerprint density at radius 2 is 2.05 bits per heavy atom. The lowest BCUT2D eigenvalue weighted by molar-refractivity contribution is -0.153. The number of benzene rings is 1. The first-order valence-corrected chi connectivity index (χ1v) is 6.61. The highest BCUT2D eigenvalue weighted by Crippen LogP contribution is 2.21. The normalized spacial score (nSPS) is 11.3. The first-order valence-electron chi connectivity index (χ1n) is 6.61. The molecule has 1 aromatic rings. The SMILES string of the molecule is CC(C)CCNC(=O)Nc1cccc(OCC(F)(F)F)c1. The average Bonchev–Trinajstić information content (AvgIpc) is 2.35. The molecule has 118 valence electrons. The first kappa shape index (κ1) is 17.1. The highest BCUT2D eigenvalue weighted by atomic mass is 19.4. The lowest BCUT2D eigenvalue weighted by Crippen LogP contribution is -2.30. The molecule has 0 unspecified atom stereocenters. The van der Waals surface area contributed by atoms with Crippen molar-refractivity contribution in [1.82, 2.24) is 5.32 Å². The fourth-order valence-corrected chi connectivity index (χ4v) is 1.48. The van der Waals surface area contributed by atoms with Gasteiger partial charge in [-0.1, -0.05) is 19.9 Å². The molecule has 2 N–H and O–H groups in total. The Labute approximate surface area is 121 Å². The highest BCUT2D eigenvalue weighted by molar-refractivity contribution is 5.89. The molecule has 0 aliphatic rings. The van der Waals surface area contributed by atoms with E-state index >= 15 is 0 Å². The van der Waals surface area contributed by atoms with Gasteiger partial charge in [0.15, 0.2) is 6.61 Å². The van der Waals surface area contributed by atoms with Crippen LogP contribution in [0.1, 0.15) is 20.3 Å². The Morgan fingerprint density at radius 3 is 2.67 bits per heavy atom. The minimum Gasteiger partial charge on any atom is -0.484 e. The molecule has 1 rings (SSSR count). The van der Waals surface area contributed by atoms with E-state index in [9.17, 15) is 18.0 Å². The van der Waals surface area contributed by atoms with E-state index in [1.54, 1.807) is 6.07 Å². The van der Waals surface area contributed by atoms with Crippen LogP contribution in [0.5, 0.6) is 5.75 Å². The third kappa shape index (κ3) is 8.06. The average molecular weight is 304 g/mol. The maximum atomic E-state index is 12.1. The van der Waals surface area contributed by atoms with Crippen molar-refractivity contribution in [2.75, 3.05) is 18.5 Å². The van der Waals surface area contributed by atoms with Gasteiger partial charge in [0.1, 0.15) is 5.75 Å². The predicted octanol–water partition coefficient (Wildman–Crippen LogP) is 3.80. The molecule has 0 aliphatic heterocycles. The number of halogens is 3. The van der Waals surface area contributed by atoms with Gasteiger partial charge in [0.05, 0.1) is 0 Å². The molecule has 0 atom stereocenters. The molecule has 0 radical (unpaired) electrons. The van der Waals surface area contributed by atoms with Gasteiger partial charge < -0.3 is 15.4 Å². The van der Waals surface area contributed by atoms with Crippen LogP contribution in [0, 0.1) is 5.92 Å². The molecule has 21 heavy (non-hydrogen) atoms. The minimum atomic E-state index is -4.39. The lowest BCUT2D eigenvalue weighted by atomic mass is 10.1. The summed E-state index contributed by atoms with van der Waals surface area (Å²) >= 11 is 0. The van der Waals surface area contributed by atoms with Crippen molar-refractivity contribution in [2.45, 2.75) is 26.4 Å². The second-order valence-electron chi connectivity index (χ2n) is 5.00. The Bertz CT molecular complexity index is 462. The van der Waals surface area contributed by atoms with Crippen molar-refractivity contribution in [3.05, 3.63) is 24.3 Å². The predicted molar refractivity (Wildman–Crippen MR) is 74.5 cm³/mol. The number of hydrogen-bond donors (Lipinski definition) is 2. The lowest BCUT2D eigenvalue weighted by Gasteiger charge is -2.11. The topological polar surface area (TPSA) is 50.4 Å². The second kappa shape index (κ2) is 7.75. The van der Waals surface area contributed by atoms with Gasteiger partial charge in [0, 0.05) is 18.3 Å². The maximum Gasteiger partial charge on any atom is 0.422 e. The molecule has 0 fully saturated rings. The molecule has 0 aliphatic carbocycles. The molecular formula is C14H19F3N2O2. The van der Waals surface area contributed by atoms with Crippen LogP contribution in [0.3, 0.4) is 0 Å². The number of amides is 2. The molecule has 0 aromatic heterocycles. The largest absolute Gasteiger partial charge is 0.484 e. The maximum absolute atomic E-state index is 12.1. The van der Waals surface area contributed by atoms with Crippen molar-refractivity contribution >= 4 is 11.7 Å². The van der Waals surface area contributed by atoms with Gasteiger partial charge in [-0.2, -0.15) is 13.2 Å². The number of hydrogen-bond acceptors (Lipinski definition) is 2. The monoisotopic (exact) mass is 304 g/mol. The van der Waals surface area contributed by atoms with Gasteiger partial charge in [0.25, 0.3) is 0 Å². The van der Waals surface area contributed by atoms with Gasteiger partial charge in [-0.05, 0) is 24.5 Å². The Balaban J connectivity index is 2.46. The summed E-state index contributed by atoms with van der Waals surface area (Å²) in [5, 5.41) is 5.21. The number of nitrogens with one attached hydrogen (secondary N) is 2. The Kier molecular flexibility index (Phi) is 6.33. The number of carbonyl (C=O) groups is 1. The molecule has 0 heterocycles. The zero-order valence-corrected chi connectivity index (χ0v) is 12.0. The van der Waals surface area contributed by atoms with Gasteiger partial charge in [-0.15, -0.1) is 0 Å². The number of carbonyl (C=O) groups excluding carboxylic acids is 1. The highest BCUT2D eigenvalue weighted by Gasteiger charge is 2.28. The van der Waals surface area contributed by atoms with Gasteiger partial charge in [-0.3, -0.25) is 0 Å². The number of ether oxygens (including phenoxy) is 1. The molecule has 0 bridgehead atoms. The van der Waals surface area contributed by atoms with E-state index in [2.05, 4.69) is 15.4 Å². The summed E-state index contributed by atoms with van der Waals surface area (Å²) in [5.74, 6) is 0.525. The quantitative estimate of drug-likeness (QED) is 0.840. The summed E-state index contributed by atoms with van der Waals surface area (Å²) in [6.45, 7) is 3.26. The van der Waals surface area contributed by atoms with Crippen molar-refractivity contribution in [3.8, 4) is 5.75 Å². The number of urea groups is 1. The number of anilines is 1. The van der Waals surface area contributed by atoms with E-state index in [1.165, 1.54) is 18.2 Å². The Hall–Kier alpha value is -1.92. The van der Waals surface area contributed by atoms with E-state index in [1.807, 2.05) is 13.8 Å². The van der Waals surface area contributed by atoms with Crippen LogP contribution in [-0.2, 0) is 0 Å². The zero-order chi connectivity index (χ0) is 15.9. The van der Waals surface area contributed by atoms with Crippen molar-refractivity contribution in [3.63, 3.8) is 0 Å². The molecule has 1 aromatic carbocycles. The van der Waals surface area contributed by atoms with E-state index in [0.717, 1.165) is 6.42 Å². The van der Waals surface area contributed by atoms with Gasteiger partial charge in [0.2, 0.25) is 0 Å². The van der Waals surface area contributed by atoms with E-state index in [0.29, 0.717) is 18.2 Å². The van der Waals surface area contributed by atoms with Crippen LogP contribution in [0.2, 0.25) is 0 Å². The van der Waals surface area contributed by atoms with Crippen molar-refractivity contribution in [2.24, 2.45) is 5.92 Å².